The fourth-order valence-corrected chi connectivity index (χ4v) is 4.13. The Hall–Kier alpha value is -1.93. The summed E-state index contributed by atoms with van der Waals surface area (Å²) in [4.78, 5) is 0. The standard InChI is InChI=1S/C19H18NS/c1-13-10-17(16-7-9-21-12-16)11-15-6-5-14-4-3-8-20(2)19(14)18(13)15/h3-4,7-12H,5-6H2,1-2H3/q+1. The first kappa shape index (κ1) is 12.8. The molecule has 4 rings (SSSR count). The summed E-state index contributed by atoms with van der Waals surface area (Å²) in [6, 6.07) is 11.4. The lowest BCUT2D eigenvalue weighted by Gasteiger charge is -2.20. The largest absolute Gasteiger partial charge is 0.216 e. The molecule has 2 aromatic heterocycles. The van der Waals surface area contributed by atoms with Crippen LogP contribution in [-0.2, 0) is 19.9 Å². The zero-order valence-electron chi connectivity index (χ0n) is 12.4. The monoisotopic (exact) mass is 292 g/mol. The molecule has 0 aliphatic heterocycles. The number of nitrogens with zero attached hydrogens (tertiary/aromatic N) is 1. The Bertz CT molecular complexity index is 816. The molecule has 1 aliphatic carbocycles. The topological polar surface area (TPSA) is 3.88 Å². The van der Waals surface area contributed by atoms with Crippen LogP contribution in [0.5, 0.6) is 0 Å². The zero-order valence-corrected chi connectivity index (χ0v) is 13.2. The van der Waals surface area contributed by atoms with Gasteiger partial charge in [-0.3, -0.25) is 0 Å². The van der Waals surface area contributed by atoms with Gasteiger partial charge in [-0.25, -0.2) is 4.57 Å². The van der Waals surface area contributed by atoms with Gasteiger partial charge in [-0.1, -0.05) is 12.1 Å². The summed E-state index contributed by atoms with van der Waals surface area (Å²) in [6.07, 6.45) is 4.44. The van der Waals surface area contributed by atoms with E-state index in [-0.39, 0.29) is 0 Å². The van der Waals surface area contributed by atoms with Crippen LogP contribution in [0.4, 0.5) is 0 Å². The lowest BCUT2D eigenvalue weighted by Crippen LogP contribution is -2.33. The van der Waals surface area contributed by atoms with Gasteiger partial charge in [0.25, 0.3) is 0 Å². The summed E-state index contributed by atoms with van der Waals surface area (Å²) < 4.78 is 2.27. The summed E-state index contributed by atoms with van der Waals surface area (Å²) in [5, 5.41) is 4.39. The average molecular weight is 292 g/mol. The van der Waals surface area contributed by atoms with Crippen molar-refractivity contribution in [2.75, 3.05) is 0 Å². The van der Waals surface area contributed by atoms with Crippen LogP contribution in [0.1, 0.15) is 16.7 Å². The van der Waals surface area contributed by atoms with Gasteiger partial charge in [0.2, 0.25) is 5.69 Å². The van der Waals surface area contributed by atoms with E-state index in [0.29, 0.717) is 0 Å². The Morgan fingerprint density at radius 1 is 1.05 bits per heavy atom. The number of benzene rings is 1. The van der Waals surface area contributed by atoms with Gasteiger partial charge < -0.3 is 0 Å². The first-order valence-electron chi connectivity index (χ1n) is 7.38. The molecule has 21 heavy (non-hydrogen) atoms. The number of aryl methyl sites for hydroxylation is 4. The molecule has 0 atom stereocenters. The van der Waals surface area contributed by atoms with Gasteiger partial charge in [0.1, 0.15) is 7.05 Å². The van der Waals surface area contributed by atoms with E-state index in [1.165, 1.54) is 39.1 Å². The van der Waals surface area contributed by atoms with Crippen LogP contribution in [0, 0.1) is 6.92 Å². The minimum absolute atomic E-state index is 1.14. The highest BCUT2D eigenvalue weighted by molar-refractivity contribution is 7.08. The van der Waals surface area contributed by atoms with Crippen LogP contribution < -0.4 is 4.57 Å². The summed E-state index contributed by atoms with van der Waals surface area (Å²) in [5.74, 6) is 0. The molecule has 2 heteroatoms. The van der Waals surface area contributed by atoms with Gasteiger partial charge >= 0.3 is 0 Å². The Morgan fingerprint density at radius 3 is 2.71 bits per heavy atom. The number of hydrogen-bond acceptors (Lipinski definition) is 1. The minimum atomic E-state index is 1.14. The van der Waals surface area contributed by atoms with Gasteiger partial charge in [0, 0.05) is 11.6 Å². The van der Waals surface area contributed by atoms with Gasteiger partial charge in [-0.05, 0) is 64.9 Å². The van der Waals surface area contributed by atoms with E-state index in [1.54, 1.807) is 11.3 Å². The van der Waals surface area contributed by atoms with Crippen molar-refractivity contribution in [1.29, 1.82) is 0 Å². The molecule has 0 radical (unpaired) electrons. The third-order valence-corrected chi connectivity index (χ3v) is 5.12. The number of thiophene rings is 1. The quantitative estimate of drug-likeness (QED) is 0.588. The number of rotatable bonds is 1. The van der Waals surface area contributed by atoms with Crippen molar-refractivity contribution < 1.29 is 4.57 Å². The lowest BCUT2D eigenvalue weighted by molar-refractivity contribution is -0.660. The SMILES string of the molecule is Cc1cc(-c2ccsc2)cc2c1-c1c(ccc[n+]1C)CC2. The predicted octanol–water partition coefficient (Wildman–Crippen LogP) is 4.31. The molecule has 1 aliphatic rings. The highest BCUT2D eigenvalue weighted by Crippen LogP contribution is 2.36. The third-order valence-electron chi connectivity index (χ3n) is 4.44. The van der Waals surface area contributed by atoms with E-state index in [1.807, 2.05) is 0 Å². The van der Waals surface area contributed by atoms with Crippen LogP contribution >= 0.6 is 11.3 Å². The molecule has 1 aromatic carbocycles. The smallest absolute Gasteiger partial charge is 0.201 e. The molecule has 0 fully saturated rings. The molecule has 104 valence electrons. The van der Waals surface area contributed by atoms with E-state index < -0.39 is 0 Å². The maximum Gasteiger partial charge on any atom is 0.216 e. The summed E-state index contributed by atoms with van der Waals surface area (Å²) in [7, 11) is 2.15. The molecule has 0 saturated heterocycles. The van der Waals surface area contributed by atoms with E-state index in [0.717, 1.165) is 12.8 Å². The van der Waals surface area contributed by atoms with Crippen LogP contribution in [0.15, 0.2) is 47.3 Å². The van der Waals surface area contributed by atoms with Crippen molar-refractivity contribution in [1.82, 2.24) is 0 Å². The molecule has 0 saturated carbocycles. The van der Waals surface area contributed by atoms with Crippen LogP contribution in [0.25, 0.3) is 22.4 Å². The molecule has 0 spiro atoms. The van der Waals surface area contributed by atoms with Crippen LogP contribution in [0.3, 0.4) is 0 Å². The van der Waals surface area contributed by atoms with Crippen molar-refractivity contribution in [3.8, 4) is 22.4 Å². The molecule has 3 aromatic rings. The van der Waals surface area contributed by atoms with Crippen molar-refractivity contribution in [2.24, 2.45) is 7.05 Å². The van der Waals surface area contributed by atoms with Crippen molar-refractivity contribution in [2.45, 2.75) is 19.8 Å². The highest BCUT2D eigenvalue weighted by Gasteiger charge is 2.25. The summed E-state index contributed by atoms with van der Waals surface area (Å²) in [5.41, 5.74) is 9.89. The number of fused-ring (bicyclic) bond motifs is 3. The van der Waals surface area contributed by atoms with E-state index in [9.17, 15) is 0 Å². The minimum Gasteiger partial charge on any atom is -0.201 e. The lowest BCUT2D eigenvalue weighted by atomic mass is 9.84. The van der Waals surface area contributed by atoms with Gasteiger partial charge in [-0.2, -0.15) is 11.3 Å². The van der Waals surface area contributed by atoms with E-state index in [4.69, 9.17) is 0 Å². The first-order valence-corrected chi connectivity index (χ1v) is 8.32. The third kappa shape index (κ3) is 2.02. The van der Waals surface area contributed by atoms with Crippen molar-refractivity contribution in [3.05, 3.63) is 64.0 Å². The van der Waals surface area contributed by atoms with E-state index >= 15 is 0 Å². The molecule has 2 heterocycles. The summed E-state index contributed by atoms with van der Waals surface area (Å²) in [6.45, 7) is 2.25. The van der Waals surface area contributed by atoms with E-state index in [2.05, 4.69) is 65.8 Å². The fraction of sp³-hybridized carbons (Fsp3) is 0.211. The molecule has 0 amide bonds. The second-order valence-electron chi connectivity index (χ2n) is 5.83. The second kappa shape index (κ2) is 4.81. The average Bonchev–Trinajstić information content (AvgIpc) is 3.01. The van der Waals surface area contributed by atoms with Crippen LogP contribution in [0.2, 0.25) is 0 Å². The number of pyridine rings is 1. The maximum atomic E-state index is 2.39. The first-order chi connectivity index (χ1) is 10.2. The highest BCUT2D eigenvalue weighted by atomic mass is 32.1. The van der Waals surface area contributed by atoms with Crippen molar-refractivity contribution in [3.63, 3.8) is 0 Å². The summed E-state index contributed by atoms with van der Waals surface area (Å²) >= 11 is 1.76. The predicted molar refractivity (Wildman–Crippen MR) is 88.5 cm³/mol. The van der Waals surface area contributed by atoms with Gasteiger partial charge in [0.05, 0.1) is 5.56 Å². The zero-order chi connectivity index (χ0) is 14.4. The van der Waals surface area contributed by atoms with Gasteiger partial charge in [-0.15, -0.1) is 0 Å². The Morgan fingerprint density at radius 2 is 1.90 bits per heavy atom. The second-order valence-corrected chi connectivity index (χ2v) is 6.61. The molecule has 1 nitrogen and oxygen atoms in total. The van der Waals surface area contributed by atoms with Crippen LogP contribution in [-0.4, -0.2) is 0 Å². The molecular weight excluding hydrogens is 274 g/mol. The molecular formula is C19H18NS+. The van der Waals surface area contributed by atoms with Crippen molar-refractivity contribution >= 4 is 11.3 Å². The number of hydrogen-bond donors (Lipinski definition) is 0. The Labute approximate surface area is 129 Å². The normalized spacial score (nSPS) is 12.9. The Balaban J connectivity index is 1.96. The number of aromatic nitrogens is 1. The molecule has 0 unspecified atom stereocenters. The molecule has 0 bridgehead atoms. The fourth-order valence-electron chi connectivity index (χ4n) is 3.47. The molecule has 0 N–H and O–H groups in total. The Kier molecular flexibility index (Phi) is 2.93. The van der Waals surface area contributed by atoms with Gasteiger partial charge in [0.15, 0.2) is 6.20 Å². The maximum absolute atomic E-state index is 2.39.